The van der Waals surface area contributed by atoms with Gasteiger partial charge in [0.2, 0.25) is 0 Å². The number of alkyl halides is 2. The second-order valence-corrected chi connectivity index (χ2v) is 5.97. The maximum Gasteiger partial charge on any atom is 0.357 e. The van der Waals surface area contributed by atoms with Gasteiger partial charge in [0, 0.05) is 30.5 Å². The highest BCUT2D eigenvalue weighted by molar-refractivity contribution is 6.18. The van der Waals surface area contributed by atoms with Crippen molar-refractivity contribution in [2.45, 2.75) is 0 Å². The van der Waals surface area contributed by atoms with Crippen molar-refractivity contribution in [2.24, 2.45) is 0 Å². The van der Waals surface area contributed by atoms with Gasteiger partial charge in [0.1, 0.15) is 5.69 Å². The SMILES string of the molecule is O=c1[nH]c(/C=C\c2ccc(N(CCCl)CCCl)cc2)c([N+](=O)[O-])c(=O)[nH]1. The number of aromatic amines is 2. The van der Waals surface area contributed by atoms with E-state index in [9.17, 15) is 19.7 Å². The van der Waals surface area contributed by atoms with Crippen LogP contribution in [0.5, 0.6) is 0 Å². The van der Waals surface area contributed by atoms with Gasteiger partial charge in [-0.05, 0) is 23.8 Å². The van der Waals surface area contributed by atoms with Crippen molar-refractivity contribution in [3.05, 3.63) is 66.5 Å². The van der Waals surface area contributed by atoms with Crippen molar-refractivity contribution in [2.75, 3.05) is 29.7 Å². The molecule has 0 aliphatic carbocycles. The Morgan fingerprint density at radius 2 is 1.65 bits per heavy atom. The van der Waals surface area contributed by atoms with E-state index in [1.807, 2.05) is 22.0 Å². The van der Waals surface area contributed by atoms with E-state index in [0.29, 0.717) is 24.8 Å². The molecule has 0 saturated heterocycles. The molecule has 2 aromatic rings. The molecule has 0 radical (unpaired) electrons. The Morgan fingerprint density at radius 3 is 2.19 bits per heavy atom. The minimum Gasteiger partial charge on any atom is -0.369 e. The van der Waals surface area contributed by atoms with Crippen LogP contribution >= 0.6 is 23.2 Å². The summed E-state index contributed by atoms with van der Waals surface area (Å²) in [6.45, 7) is 1.31. The third-order valence-corrected chi connectivity index (χ3v) is 3.88. The fourth-order valence-electron chi connectivity index (χ4n) is 2.35. The molecule has 8 nitrogen and oxygen atoms in total. The molecule has 10 heteroatoms. The zero-order chi connectivity index (χ0) is 19.1. The summed E-state index contributed by atoms with van der Waals surface area (Å²) in [5, 5.41) is 11.0. The number of anilines is 1. The van der Waals surface area contributed by atoms with Crippen LogP contribution in [0.4, 0.5) is 11.4 Å². The van der Waals surface area contributed by atoms with E-state index in [1.54, 1.807) is 18.2 Å². The minimum atomic E-state index is -1.05. The normalized spacial score (nSPS) is 11.0. The summed E-state index contributed by atoms with van der Waals surface area (Å²) in [5.41, 5.74) is -1.06. The quantitative estimate of drug-likeness (QED) is 0.402. The second kappa shape index (κ2) is 9.21. The molecule has 1 aromatic carbocycles. The molecule has 0 atom stereocenters. The molecule has 0 unspecified atom stereocenters. The van der Waals surface area contributed by atoms with E-state index in [0.717, 1.165) is 11.3 Å². The third-order valence-electron chi connectivity index (χ3n) is 3.54. The molecule has 2 N–H and O–H groups in total. The van der Waals surface area contributed by atoms with Gasteiger partial charge in [0.25, 0.3) is 0 Å². The van der Waals surface area contributed by atoms with E-state index in [1.165, 1.54) is 6.08 Å². The zero-order valence-electron chi connectivity index (χ0n) is 13.6. The van der Waals surface area contributed by atoms with Gasteiger partial charge in [-0.2, -0.15) is 0 Å². The largest absolute Gasteiger partial charge is 0.369 e. The monoisotopic (exact) mass is 398 g/mol. The standard InChI is InChI=1S/C16H16Cl2N4O4/c17-7-9-21(10-8-18)12-4-1-11(2-5-12)3-6-13-14(22(25)26)15(23)20-16(24)19-13/h1-6H,7-10H2,(H2,19,20,23,24)/b6-3-. The van der Waals surface area contributed by atoms with E-state index < -0.39 is 21.9 Å². The summed E-state index contributed by atoms with van der Waals surface area (Å²) < 4.78 is 0. The fourth-order valence-corrected chi connectivity index (χ4v) is 2.76. The van der Waals surface area contributed by atoms with Crippen molar-refractivity contribution >= 4 is 46.7 Å². The van der Waals surface area contributed by atoms with Crippen molar-refractivity contribution in [3.63, 3.8) is 0 Å². The van der Waals surface area contributed by atoms with Gasteiger partial charge >= 0.3 is 16.9 Å². The number of H-pyrrole nitrogens is 2. The first-order chi connectivity index (χ1) is 12.5. The number of aromatic nitrogens is 2. The van der Waals surface area contributed by atoms with Gasteiger partial charge in [-0.3, -0.25) is 19.9 Å². The predicted molar refractivity (Wildman–Crippen MR) is 103 cm³/mol. The number of nitrogens with zero attached hydrogens (tertiary/aromatic N) is 2. The molecule has 0 amide bonds. The molecule has 138 valence electrons. The highest BCUT2D eigenvalue weighted by Gasteiger charge is 2.18. The van der Waals surface area contributed by atoms with Gasteiger partial charge in [0.15, 0.2) is 0 Å². The number of benzene rings is 1. The zero-order valence-corrected chi connectivity index (χ0v) is 15.1. The summed E-state index contributed by atoms with van der Waals surface area (Å²) in [5.74, 6) is 0.941. The van der Waals surface area contributed by atoms with Gasteiger partial charge in [-0.15, -0.1) is 23.2 Å². The first-order valence-corrected chi connectivity index (χ1v) is 8.69. The molecule has 0 spiro atoms. The molecule has 1 aromatic heterocycles. The molecular formula is C16H16Cl2N4O4. The maximum atomic E-state index is 11.6. The van der Waals surface area contributed by atoms with Crippen LogP contribution in [0.25, 0.3) is 12.2 Å². The molecule has 0 aliphatic rings. The van der Waals surface area contributed by atoms with Gasteiger partial charge in [-0.1, -0.05) is 18.2 Å². The molecule has 0 bridgehead atoms. The summed E-state index contributed by atoms with van der Waals surface area (Å²) >= 11 is 11.6. The van der Waals surface area contributed by atoms with Crippen molar-refractivity contribution in [3.8, 4) is 0 Å². The van der Waals surface area contributed by atoms with Crippen LogP contribution in [-0.2, 0) is 0 Å². The molecule has 2 rings (SSSR count). The Hall–Kier alpha value is -2.58. The van der Waals surface area contributed by atoms with Crippen LogP contribution in [-0.4, -0.2) is 39.7 Å². The average Bonchev–Trinajstić information content (AvgIpc) is 2.59. The fraction of sp³-hybridized carbons (Fsp3) is 0.250. The Bertz CT molecular complexity index is 900. The van der Waals surface area contributed by atoms with Crippen LogP contribution in [0.1, 0.15) is 11.3 Å². The van der Waals surface area contributed by atoms with Gasteiger partial charge in [-0.25, -0.2) is 4.79 Å². The first-order valence-electron chi connectivity index (χ1n) is 7.62. The lowest BCUT2D eigenvalue weighted by molar-refractivity contribution is -0.386. The van der Waals surface area contributed by atoms with E-state index in [2.05, 4.69) is 4.98 Å². The number of rotatable bonds is 8. The summed E-state index contributed by atoms with van der Waals surface area (Å²) in [7, 11) is 0. The van der Waals surface area contributed by atoms with Crippen LogP contribution in [0.3, 0.4) is 0 Å². The lowest BCUT2D eigenvalue weighted by Crippen LogP contribution is -2.27. The van der Waals surface area contributed by atoms with Crippen molar-refractivity contribution in [1.29, 1.82) is 0 Å². The molecule has 0 saturated carbocycles. The highest BCUT2D eigenvalue weighted by atomic mass is 35.5. The number of nitrogens with one attached hydrogen (secondary N) is 2. The van der Waals surface area contributed by atoms with Crippen molar-refractivity contribution in [1.82, 2.24) is 9.97 Å². The topological polar surface area (TPSA) is 112 Å². The Labute approximate surface area is 158 Å². The lowest BCUT2D eigenvalue weighted by atomic mass is 10.1. The van der Waals surface area contributed by atoms with E-state index in [-0.39, 0.29) is 5.69 Å². The maximum absolute atomic E-state index is 11.6. The molecule has 0 aliphatic heterocycles. The number of hydrogen-bond donors (Lipinski definition) is 2. The molecular weight excluding hydrogens is 383 g/mol. The van der Waals surface area contributed by atoms with Crippen molar-refractivity contribution < 1.29 is 4.92 Å². The lowest BCUT2D eigenvalue weighted by Gasteiger charge is -2.22. The summed E-state index contributed by atoms with van der Waals surface area (Å²) in [6.07, 6.45) is 2.88. The number of hydrogen-bond acceptors (Lipinski definition) is 5. The second-order valence-electron chi connectivity index (χ2n) is 5.22. The Morgan fingerprint density at radius 1 is 1.04 bits per heavy atom. The number of halogens is 2. The summed E-state index contributed by atoms with van der Waals surface area (Å²) in [4.78, 5) is 39.2. The molecule has 1 heterocycles. The Balaban J connectivity index is 2.28. The van der Waals surface area contributed by atoms with Crippen LogP contribution < -0.4 is 16.1 Å². The highest BCUT2D eigenvalue weighted by Crippen LogP contribution is 2.18. The molecule has 26 heavy (non-hydrogen) atoms. The first kappa shape index (κ1) is 19.7. The number of nitro groups is 1. The smallest absolute Gasteiger partial charge is 0.357 e. The predicted octanol–water partition coefficient (Wildman–Crippen LogP) is 2.43. The summed E-state index contributed by atoms with van der Waals surface area (Å²) in [6, 6.07) is 7.35. The van der Waals surface area contributed by atoms with E-state index >= 15 is 0 Å². The Kier molecular flexibility index (Phi) is 6.99. The van der Waals surface area contributed by atoms with Crippen LogP contribution in [0.15, 0.2) is 33.9 Å². The third kappa shape index (κ3) is 4.96. The van der Waals surface area contributed by atoms with Gasteiger partial charge < -0.3 is 9.88 Å². The van der Waals surface area contributed by atoms with Crippen LogP contribution in [0, 0.1) is 10.1 Å². The van der Waals surface area contributed by atoms with Crippen LogP contribution in [0.2, 0.25) is 0 Å². The molecule has 0 fully saturated rings. The van der Waals surface area contributed by atoms with Gasteiger partial charge in [0.05, 0.1) is 4.92 Å². The minimum absolute atomic E-state index is 0.168. The van der Waals surface area contributed by atoms with E-state index in [4.69, 9.17) is 23.2 Å². The average molecular weight is 399 g/mol.